The second-order valence-electron chi connectivity index (χ2n) is 3.25. The fraction of sp³-hybridized carbons (Fsp3) is 1.00. The summed E-state index contributed by atoms with van der Waals surface area (Å²) >= 11 is 0. The van der Waals surface area contributed by atoms with E-state index in [1.165, 1.54) is 0 Å². The normalized spacial score (nSPS) is 13.2. The Balaban J connectivity index is -0.0000000831. The van der Waals surface area contributed by atoms with E-state index in [1.54, 1.807) is 0 Å². The summed E-state index contributed by atoms with van der Waals surface area (Å²) in [7, 11) is -9.01. The molecule has 3 radical (unpaired) electrons. The van der Waals surface area contributed by atoms with Crippen LogP contribution in [0, 0.1) is 0 Å². The summed E-state index contributed by atoms with van der Waals surface area (Å²) in [5, 5.41) is 33.3. The van der Waals surface area contributed by atoms with Gasteiger partial charge >= 0.3 is 66.9 Å². The molecular weight excluding hydrogens is 494 g/mol. The van der Waals surface area contributed by atoms with Gasteiger partial charge in [-0.1, -0.05) is 0 Å². The first-order valence-electron chi connectivity index (χ1n) is 4.89. The minimum atomic E-state index is -4.50. The SMILES string of the molecule is O=P(O)(O)OCC(O)CO.O=P(O)(O)OCC(O)CO.[Fe+3].[Fe+3].[Fe+3]. The topological polar surface area (TPSA) is 214 Å². The van der Waals surface area contributed by atoms with Crippen LogP contribution in [-0.4, -0.2) is 78.6 Å². The Morgan fingerprint density at radius 3 is 1.04 bits per heavy atom. The van der Waals surface area contributed by atoms with Crippen molar-refractivity contribution in [2.24, 2.45) is 0 Å². The van der Waals surface area contributed by atoms with Crippen molar-refractivity contribution in [1.82, 2.24) is 0 Å². The van der Waals surface area contributed by atoms with Gasteiger partial charge in [-0.2, -0.15) is 0 Å². The smallest absolute Gasteiger partial charge is 0.394 e. The third-order valence-electron chi connectivity index (χ3n) is 1.29. The largest absolute Gasteiger partial charge is 3.00 e. The average molecular weight is 512 g/mol. The Bertz CT molecular complexity index is 303. The van der Waals surface area contributed by atoms with Crippen LogP contribution >= 0.6 is 15.6 Å². The molecule has 0 heterocycles. The van der Waals surface area contributed by atoms with Crippen LogP contribution in [-0.2, 0) is 69.4 Å². The van der Waals surface area contributed by atoms with Gasteiger partial charge in [-0.25, -0.2) is 9.13 Å². The van der Waals surface area contributed by atoms with E-state index in [2.05, 4.69) is 9.05 Å². The number of hydrogen-bond donors (Lipinski definition) is 8. The predicted molar refractivity (Wildman–Crippen MR) is 62.2 cm³/mol. The van der Waals surface area contributed by atoms with E-state index in [0.29, 0.717) is 0 Å². The fourth-order valence-electron chi connectivity index (χ4n) is 0.472. The quantitative estimate of drug-likeness (QED) is 0.120. The van der Waals surface area contributed by atoms with Crippen molar-refractivity contribution < 1.29 is 109 Å². The first kappa shape index (κ1) is 35.7. The van der Waals surface area contributed by atoms with E-state index in [1.807, 2.05) is 0 Å². The van der Waals surface area contributed by atoms with E-state index in [0.717, 1.165) is 0 Å². The summed E-state index contributed by atoms with van der Waals surface area (Å²) in [6, 6.07) is 0. The van der Waals surface area contributed by atoms with Crippen molar-refractivity contribution in [3.63, 3.8) is 0 Å². The van der Waals surface area contributed by atoms with Gasteiger partial charge in [0.25, 0.3) is 0 Å². The van der Waals surface area contributed by atoms with E-state index >= 15 is 0 Å². The molecule has 8 N–H and O–H groups in total. The van der Waals surface area contributed by atoms with Gasteiger partial charge in [0.15, 0.2) is 0 Å². The average Bonchev–Trinajstić information content (AvgIpc) is 2.31. The van der Waals surface area contributed by atoms with Crippen LogP contribution in [0.1, 0.15) is 0 Å². The monoisotopic (exact) mass is 512 g/mol. The fourth-order valence-corrected chi connectivity index (χ4v) is 1.20. The van der Waals surface area contributed by atoms with Gasteiger partial charge < -0.3 is 40.0 Å². The van der Waals surface area contributed by atoms with Crippen LogP contribution in [0.3, 0.4) is 0 Å². The molecule has 17 heteroatoms. The molecule has 0 spiro atoms. The molecule has 0 aliphatic rings. The van der Waals surface area contributed by atoms with Crippen LogP contribution in [0.15, 0.2) is 0 Å². The van der Waals surface area contributed by atoms with Crippen molar-refractivity contribution in [2.75, 3.05) is 26.4 Å². The van der Waals surface area contributed by atoms with Crippen LogP contribution in [0.25, 0.3) is 0 Å². The Labute approximate surface area is 163 Å². The molecule has 0 fully saturated rings. The molecular formula is C6H18Fe3O12P2+9. The van der Waals surface area contributed by atoms with Gasteiger partial charge in [-0.15, -0.1) is 0 Å². The first-order valence-corrected chi connectivity index (χ1v) is 7.95. The third-order valence-corrected chi connectivity index (χ3v) is 2.26. The summed E-state index contributed by atoms with van der Waals surface area (Å²) in [4.78, 5) is 32.2. The molecule has 0 aromatic heterocycles. The van der Waals surface area contributed by atoms with Gasteiger partial charge in [0.1, 0.15) is 12.2 Å². The van der Waals surface area contributed by atoms with Crippen molar-refractivity contribution in [3.8, 4) is 0 Å². The Hall–Kier alpha value is 1.62. The minimum absolute atomic E-state index is 0. The number of phosphoric ester groups is 2. The maximum absolute atomic E-state index is 9.93. The summed E-state index contributed by atoms with van der Waals surface area (Å²) in [5.41, 5.74) is 0. The summed E-state index contributed by atoms with van der Waals surface area (Å²) in [5.74, 6) is 0. The number of aliphatic hydroxyl groups is 4. The number of phosphoric acid groups is 2. The van der Waals surface area contributed by atoms with E-state index in [4.69, 9.17) is 40.0 Å². The zero-order valence-corrected chi connectivity index (χ0v) is 16.3. The maximum atomic E-state index is 9.93. The molecule has 2 unspecified atom stereocenters. The summed E-state index contributed by atoms with van der Waals surface area (Å²) in [6.07, 6.45) is -2.49. The Morgan fingerprint density at radius 1 is 0.696 bits per heavy atom. The molecule has 0 saturated carbocycles. The summed E-state index contributed by atoms with van der Waals surface area (Å²) in [6.45, 7) is -2.30. The molecule has 0 rings (SSSR count). The van der Waals surface area contributed by atoms with Crippen molar-refractivity contribution in [3.05, 3.63) is 0 Å². The van der Waals surface area contributed by atoms with Crippen LogP contribution in [0.2, 0.25) is 0 Å². The zero-order chi connectivity index (χ0) is 16.4. The second-order valence-corrected chi connectivity index (χ2v) is 5.72. The van der Waals surface area contributed by atoms with Gasteiger partial charge in [0.2, 0.25) is 0 Å². The number of rotatable bonds is 8. The first-order chi connectivity index (χ1) is 8.91. The number of hydrogen-bond acceptors (Lipinski definition) is 8. The minimum Gasteiger partial charge on any atom is -0.394 e. The molecule has 0 saturated heterocycles. The molecule has 0 aliphatic heterocycles. The van der Waals surface area contributed by atoms with Crippen LogP contribution in [0.5, 0.6) is 0 Å². The van der Waals surface area contributed by atoms with Crippen LogP contribution < -0.4 is 0 Å². The molecule has 12 nitrogen and oxygen atoms in total. The van der Waals surface area contributed by atoms with Crippen molar-refractivity contribution >= 4 is 15.6 Å². The van der Waals surface area contributed by atoms with E-state index in [9.17, 15) is 9.13 Å². The van der Waals surface area contributed by atoms with Crippen LogP contribution in [0.4, 0.5) is 0 Å². The van der Waals surface area contributed by atoms with Gasteiger partial charge in [-0.3, -0.25) is 9.05 Å². The predicted octanol–water partition coefficient (Wildman–Crippen LogP) is -3.11. The molecule has 0 aromatic rings. The van der Waals surface area contributed by atoms with Gasteiger partial charge in [0, 0.05) is 0 Å². The van der Waals surface area contributed by atoms with Crippen molar-refractivity contribution in [2.45, 2.75) is 12.2 Å². The standard InChI is InChI=1S/2C3H9O6P.3Fe/c2*4-1-3(5)2-9-10(6,7)8;;;/h2*3-5H,1-2H2,(H2,6,7,8);;;/q;;3*+3. The molecule has 0 amide bonds. The molecule has 23 heavy (non-hydrogen) atoms. The molecule has 2 atom stereocenters. The van der Waals surface area contributed by atoms with E-state index < -0.39 is 54.3 Å². The van der Waals surface area contributed by atoms with Gasteiger partial charge in [-0.05, 0) is 0 Å². The van der Waals surface area contributed by atoms with Gasteiger partial charge in [0.05, 0.1) is 26.4 Å². The Morgan fingerprint density at radius 2 is 0.913 bits per heavy atom. The molecule has 0 aromatic carbocycles. The molecule has 0 bridgehead atoms. The zero-order valence-electron chi connectivity index (χ0n) is 11.1. The molecule has 0 aliphatic carbocycles. The van der Waals surface area contributed by atoms with Crippen molar-refractivity contribution in [1.29, 1.82) is 0 Å². The Kier molecular flexibility index (Phi) is 28.6. The summed E-state index contributed by atoms with van der Waals surface area (Å²) < 4.78 is 27.5. The maximum Gasteiger partial charge on any atom is 3.00 e. The second kappa shape index (κ2) is 18.4. The number of aliphatic hydroxyl groups excluding tert-OH is 4. The molecule has 139 valence electrons. The van der Waals surface area contributed by atoms with E-state index in [-0.39, 0.29) is 51.2 Å². The third kappa shape index (κ3) is 35.6.